The molecule has 0 aliphatic heterocycles. The Balaban J connectivity index is 3.04. The topological polar surface area (TPSA) is 80.7 Å². The highest BCUT2D eigenvalue weighted by molar-refractivity contribution is 6.00. The smallest absolute Gasteiger partial charge is 0.337 e. The molecule has 0 radical (unpaired) electrons. The molecule has 0 aromatic heterocycles. The van der Waals surface area contributed by atoms with Crippen molar-refractivity contribution in [2.75, 3.05) is 7.11 Å². The third-order valence-electron chi connectivity index (χ3n) is 3.35. The van der Waals surface area contributed by atoms with Gasteiger partial charge in [-0.2, -0.15) is 0 Å². The number of hydrogen-bond acceptors (Lipinski definition) is 4. The summed E-state index contributed by atoms with van der Waals surface area (Å²) in [5.41, 5.74) is 1.37. The maximum Gasteiger partial charge on any atom is 0.337 e. The van der Waals surface area contributed by atoms with Crippen molar-refractivity contribution in [3.05, 3.63) is 34.9 Å². The molecule has 1 aromatic rings. The molecule has 0 heterocycles. The number of carboxylic acid groups (broad SMARTS) is 1. The molecule has 1 aromatic carbocycles. The highest BCUT2D eigenvalue weighted by Crippen LogP contribution is 2.20. The first kappa shape index (κ1) is 16.9. The average molecular weight is 292 g/mol. The van der Waals surface area contributed by atoms with Gasteiger partial charge in [-0.25, -0.2) is 4.79 Å². The quantitative estimate of drug-likeness (QED) is 0.644. The van der Waals surface area contributed by atoms with Crippen molar-refractivity contribution < 1.29 is 24.2 Å². The number of esters is 1. The number of benzene rings is 1. The van der Waals surface area contributed by atoms with Gasteiger partial charge in [0.25, 0.3) is 0 Å². The van der Waals surface area contributed by atoms with Crippen LogP contribution in [-0.2, 0) is 9.53 Å². The van der Waals surface area contributed by atoms with E-state index in [0.29, 0.717) is 5.56 Å². The Morgan fingerprint density at radius 1 is 1.14 bits per heavy atom. The predicted octanol–water partition coefficient (Wildman–Crippen LogP) is 2.71. The zero-order valence-corrected chi connectivity index (χ0v) is 12.7. The van der Waals surface area contributed by atoms with Crippen LogP contribution in [0.15, 0.2) is 18.2 Å². The fourth-order valence-corrected chi connectivity index (χ4v) is 2.11. The second-order valence-corrected chi connectivity index (χ2v) is 5.40. The fraction of sp³-hybridized carbons (Fsp3) is 0.438. The summed E-state index contributed by atoms with van der Waals surface area (Å²) in [4.78, 5) is 35.0. The van der Waals surface area contributed by atoms with E-state index >= 15 is 0 Å². The second kappa shape index (κ2) is 7.02. The lowest BCUT2D eigenvalue weighted by atomic mass is 9.88. The molecule has 5 nitrogen and oxygen atoms in total. The van der Waals surface area contributed by atoms with Gasteiger partial charge in [0.2, 0.25) is 0 Å². The van der Waals surface area contributed by atoms with Crippen LogP contribution >= 0.6 is 0 Å². The van der Waals surface area contributed by atoms with Crippen LogP contribution in [0.25, 0.3) is 0 Å². The molecule has 0 fully saturated rings. The van der Waals surface area contributed by atoms with Crippen molar-refractivity contribution in [1.82, 2.24) is 0 Å². The maximum atomic E-state index is 12.3. The molecule has 21 heavy (non-hydrogen) atoms. The van der Waals surface area contributed by atoms with E-state index in [1.54, 1.807) is 32.9 Å². The van der Waals surface area contributed by atoms with Gasteiger partial charge in [-0.3, -0.25) is 9.59 Å². The fourth-order valence-electron chi connectivity index (χ4n) is 2.11. The SMILES string of the molecule is COC(=O)c1cc(C)cc(C(=O)CC(C(=O)O)C(C)C)c1. The molecule has 1 N–H and O–H groups in total. The molecule has 0 saturated carbocycles. The molecule has 0 saturated heterocycles. The average Bonchev–Trinajstić information content (AvgIpc) is 2.42. The third-order valence-corrected chi connectivity index (χ3v) is 3.35. The first-order valence-electron chi connectivity index (χ1n) is 6.72. The number of aryl methyl sites for hydroxylation is 1. The molecule has 5 heteroatoms. The largest absolute Gasteiger partial charge is 0.481 e. The summed E-state index contributed by atoms with van der Waals surface area (Å²) in [5, 5.41) is 9.15. The summed E-state index contributed by atoms with van der Waals surface area (Å²) >= 11 is 0. The van der Waals surface area contributed by atoms with Gasteiger partial charge >= 0.3 is 11.9 Å². The Hall–Kier alpha value is -2.17. The number of ether oxygens (including phenoxy) is 1. The molecule has 1 atom stereocenters. The Morgan fingerprint density at radius 3 is 2.19 bits per heavy atom. The molecule has 1 rings (SSSR count). The molecular weight excluding hydrogens is 272 g/mol. The lowest BCUT2D eigenvalue weighted by Crippen LogP contribution is -2.23. The van der Waals surface area contributed by atoms with E-state index in [1.165, 1.54) is 13.2 Å². The van der Waals surface area contributed by atoms with Gasteiger partial charge in [0.1, 0.15) is 0 Å². The summed E-state index contributed by atoms with van der Waals surface area (Å²) in [6, 6.07) is 4.72. The summed E-state index contributed by atoms with van der Waals surface area (Å²) in [6.45, 7) is 5.30. The van der Waals surface area contributed by atoms with Crippen LogP contribution in [0.4, 0.5) is 0 Å². The highest BCUT2D eigenvalue weighted by atomic mass is 16.5. The number of rotatable bonds is 6. The van der Waals surface area contributed by atoms with Crippen molar-refractivity contribution in [2.45, 2.75) is 27.2 Å². The van der Waals surface area contributed by atoms with Crippen molar-refractivity contribution in [1.29, 1.82) is 0 Å². The van der Waals surface area contributed by atoms with Gasteiger partial charge in [0, 0.05) is 12.0 Å². The van der Waals surface area contributed by atoms with Crippen LogP contribution in [0.3, 0.4) is 0 Å². The van der Waals surface area contributed by atoms with E-state index in [1.807, 2.05) is 0 Å². The minimum absolute atomic E-state index is 0.0862. The van der Waals surface area contributed by atoms with Gasteiger partial charge in [-0.15, -0.1) is 0 Å². The predicted molar refractivity (Wildman–Crippen MR) is 77.4 cm³/mol. The van der Waals surface area contributed by atoms with Crippen LogP contribution in [0, 0.1) is 18.8 Å². The molecule has 0 amide bonds. The molecule has 0 aliphatic carbocycles. The molecule has 0 spiro atoms. The van der Waals surface area contributed by atoms with E-state index in [9.17, 15) is 14.4 Å². The normalized spacial score (nSPS) is 12.0. The van der Waals surface area contributed by atoms with Gasteiger partial charge in [-0.1, -0.05) is 13.8 Å². The second-order valence-electron chi connectivity index (χ2n) is 5.40. The van der Waals surface area contributed by atoms with Crippen molar-refractivity contribution in [3.63, 3.8) is 0 Å². The first-order valence-corrected chi connectivity index (χ1v) is 6.72. The Morgan fingerprint density at radius 2 is 1.71 bits per heavy atom. The lowest BCUT2D eigenvalue weighted by molar-refractivity contribution is -0.143. The van der Waals surface area contributed by atoms with Gasteiger partial charge in [0.05, 0.1) is 18.6 Å². The van der Waals surface area contributed by atoms with E-state index in [-0.39, 0.29) is 23.7 Å². The van der Waals surface area contributed by atoms with Gasteiger partial charge in [-0.05, 0) is 36.6 Å². The maximum absolute atomic E-state index is 12.3. The molecule has 114 valence electrons. The summed E-state index contributed by atoms with van der Waals surface area (Å²) in [5.74, 6) is -2.67. The number of hydrogen-bond donors (Lipinski definition) is 1. The molecule has 1 unspecified atom stereocenters. The van der Waals surface area contributed by atoms with Crippen molar-refractivity contribution in [2.24, 2.45) is 11.8 Å². The lowest BCUT2D eigenvalue weighted by Gasteiger charge is -2.15. The van der Waals surface area contributed by atoms with Crippen LogP contribution in [0.2, 0.25) is 0 Å². The minimum atomic E-state index is -0.987. The van der Waals surface area contributed by atoms with E-state index in [2.05, 4.69) is 4.74 Å². The number of methoxy groups -OCH3 is 1. The number of Topliss-reactive ketones (excluding diaryl/α,β-unsaturated/α-hetero) is 1. The first-order chi connectivity index (χ1) is 9.76. The summed E-state index contributed by atoms with van der Waals surface area (Å²) < 4.78 is 4.64. The monoisotopic (exact) mass is 292 g/mol. The zero-order chi connectivity index (χ0) is 16.2. The van der Waals surface area contributed by atoms with Crippen molar-refractivity contribution >= 4 is 17.7 Å². The van der Waals surface area contributed by atoms with Crippen LogP contribution in [0.5, 0.6) is 0 Å². The van der Waals surface area contributed by atoms with Crippen LogP contribution in [-0.4, -0.2) is 29.9 Å². The third kappa shape index (κ3) is 4.41. The number of carbonyl (C=O) groups excluding carboxylic acids is 2. The Labute approximate surface area is 123 Å². The van der Waals surface area contributed by atoms with E-state index < -0.39 is 17.9 Å². The molecule has 0 aliphatic rings. The number of carboxylic acids is 1. The molecular formula is C16H20O5. The number of ketones is 1. The highest BCUT2D eigenvalue weighted by Gasteiger charge is 2.25. The standard InChI is InChI=1S/C16H20O5/c1-9(2)13(15(18)19)8-14(17)11-5-10(3)6-12(7-11)16(20)21-4/h5-7,9,13H,8H2,1-4H3,(H,18,19). The summed E-state index contributed by atoms with van der Waals surface area (Å²) in [6.07, 6.45) is -0.0862. The Kier molecular flexibility index (Phi) is 5.64. The van der Waals surface area contributed by atoms with Crippen LogP contribution in [0.1, 0.15) is 46.5 Å². The van der Waals surface area contributed by atoms with E-state index in [4.69, 9.17) is 5.11 Å². The summed E-state index contributed by atoms with van der Waals surface area (Å²) in [7, 11) is 1.27. The van der Waals surface area contributed by atoms with Gasteiger partial charge in [0.15, 0.2) is 5.78 Å². The zero-order valence-electron chi connectivity index (χ0n) is 12.7. The van der Waals surface area contributed by atoms with Gasteiger partial charge < -0.3 is 9.84 Å². The molecule has 0 bridgehead atoms. The van der Waals surface area contributed by atoms with E-state index in [0.717, 1.165) is 5.56 Å². The number of aliphatic carboxylic acids is 1. The van der Waals surface area contributed by atoms with Crippen LogP contribution < -0.4 is 0 Å². The Bertz CT molecular complexity index is 560. The number of carbonyl (C=O) groups is 3. The minimum Gasteiger partial charge on any atom is -0.481 e. The van der Waals surface area contributed by atoms with Crippen molar-refractivity contribution in [3.8, 4) is 0 Å².